The zero-order chi connectivity index (χ0) is 7.28. The molecule has 54 valence electrons. The average molecular weight is 191 g/mol. The fourth-order valence-electron chi connectivity index (χ4n) is 1.72. The van der Waals surface area contributed by atoms with Crippen LogP contribution in [0.5, 0.6) is 0 Å². The highest BCUT2D eigenvalue weighted by Gasteiger charge is 2.63. The second kappa shape index (κ2) is 1.75. The molecule has 0 nitrogen and oxygen atoms in total. The van der Waals surface area contributed by atoms with Crippen LogP contribution in [0, 0.1) is 16.7 Å². The van der Waals surface area contributed by atoms with Crippen molar-refractivity contribution < 1.29 is 0 Å². The standard InChI is InChI=1S/C8H15Br/c1-7(2)6(5-9)8(7,3)4/h6H,5H2,1-4H3. The van der Waals surface area contributed by atoms with Crippen molar-refractivity contribution >= 4 is 15.9 Å². The summed E-state index contributed by atoms with van der Waals surface area (Å²) in [5, 5.41) is 1.16. The molecule has 0 aliphatic heterocycles. The van der Waals surface area contributed by atoms with Gasteiger partial charge in [-0.05, 0) is 16.7 Å². The maximum atomic E-state index is 3.53. The van der Waals surface area contributed by atoms with E-state index in [2.05, 4.69) is 43.6 Å². The van der Waals surface area contributed by atoms with E-state index in [4.69, 9.17) is 0 Å². The van der Waals surface area contributed by atoms with Gasteiger partial charge in [0.2, 0.25) is 0 Å². The fourth-order valence-corrected chi connectivity index (χ4v) is 3.34. The van der Waals surface area contributed by atoms with Gasteiger partial charge in [-0.2, -0.15) is 0 Å². The van der Waals surface area contributed by atoms with Crippen molar-refractivity contribution in [3.05, 3.63) is 0 Å². The number of halogens is 1. The molecule has 0 saturated heterocycles. The van der Waals surface area contributed by atoms with Gasteiger partial charge in [-0.1, -0.05) is 43.6 Å². The fraction of sp³-hybridized carbons (Fsp3) is 1.00. The Bertz CT molecular complexity index is 111. The third-order valence-electron chi connectivity index (χ3n) is 3.47. The predicted octanol–water partition coefficient (Wildman–Crippen LogP) is 3.06. The van der Waals surface area contributed by atoms with Gasteiger partial charge in [-0.15, -0.1) is 0 Å². The molecule has 1 aliphatic carbocycles. The lowest BCUT2D eigenvalue weighted by Gasteiger charge is -2.04. The van der Waals surface area contributed by atoms with Gasteiger partial charge >= 0.3 is 0 Å². The monoisotopic (exact) mass is 190 g/mol. The molecule has 0 aromatic heterocycles. The lowest BCUT2D eigenvalue weighted by Crippen LogP contribution is -1.95. The third-order valence-corrected chi connectivity index (χ3v) is 4.12. The molecule has 1 rings (SSSR count). The van der Waals surface area contributed by atoms with Crippen LogP contribution in [0.15, 0.2) is 0 Å². The molecule has 0 radical (unpaired) electrons. The summed E-state index contributed by atoms with van der Waals surface area (Å²) >= 11 is 3.53. The summed E-state index contributed by atoms with van der Waals surface area (Å²) in [5.41, 5.74) is 1.13. The smallest absolute Gasteiger partial charge is 0.00702 e. The maximum absolute atomic E-state index is 3.53. The van der Waals surface area contributed by atoms with Crippen molar-refractivity contribution in [1.29, 1.82) is 0 Å². The molecule has 9 heavy (non-hydrogen) atoms. The molecule has 1 saturated carbocycles. The van der Waals surface area contributed by atoms with Gasteiger partial charge in [0.25, 0.3) is 0 Å². The van der Waals surface area contributed by atoms with E-state index in [0.29, 0.717) is 10.8 Å². The van der Waals surface area contributed by atoms with Crippen LogP contribution in [0.25, 0.3) is 0 Å². The topological polar surface area (TPSA) is 0 Å². The van der Waals surface area contributed by atoms with E-state index < -0.39 is 0 Å². The Morgan fingerprint density at radius 3 is 1.44 bits per heavy atom. The van der Waals surface area contributed by atoms with Crippen molar-refractivity contribution in [3.63, 3.8) is 0 Å². The van der Waals surface area contributed by atoms with E-state index in [-0.39, 0.29) is 0 Å². The first kappa shape index (κ1) is 7.59. The molecular weight excluding hydrogens is 176 g/mol. The average Bonchev–Trinajstić information content (AvgIpc) is 2.00. The molecule has 1 heteroatoms. The van der Waals surface area contributed by atoms with Gasteiger partial charge < -0.3 is 0 Å². The van der Waals surface area contributed by atoms with Crippen molar-refractivity contribution in [2.24, 2.45) is 16.7 Å². The second-order valence-corrected chi connectivity index (χ2v) is 4.80. The minimum atomic E-state index is 0.566. The minimum Gasteiger partial charge on any atom is -0.0925 e. The maximum Gasteiger partial charge on any atom is 0.00702 e. The first-order valence-electron chi connectivity index (χ1n) is 3.50. The molecule has 0 spiro atoms. The lowest BCUT2D eigenvalue weighted by atomic mass is 10.0. The second-order valence-electron chi connectivity index (χ2n) is 4.15. The molecule has 0 atom stereocenters. The minimum absolute atomic E-state index is 0.566. The quantitative estimate of drug-likeness (QED) is 0.558. The van der Waals surface area contributed by atoms with Crippen LogP contribution >= 0.6 is 15.9 Å². The number of hydrogen-bond donors (Lipinski definition) is 0. The molecule has 0 unspecified atom stereocenters. The highest BCUT2D eigenvalue weighted by atomic mass is 79.9. The Kier molecular flexibility index (Phi) is 1.47. The predicted molar refractivity (Wildman–Crippen MR) is 44.8 cm³/mol. The summed E-state index contributed by atoms with van der Waals surface area (Å²) in [4.78, 5) is 0. The van der Waals surface area contributed by atoms with Crippen LogP contribution in [0.3, 0.4) is 0 Å². The molecule has 0 heterocycles. The van der Waals surface area contributed by atoms with Crippen molar-refractivity contribution in [2.75, 3.05) is 5.33 Å². The summed E-state index contributed by atoms with van der Waals surface area (Å²) in [7, 11) is 0. The first-order valence-corrected chi connectivity index (χ1v) is 4.62. The normalized spacial score (nSPS) is 30.3. The molecule has 0 bridgehead atoms. The van der Waals surface area contributed by atoms with Crippen LogP contribution < -0.4 is 0 Å². The summed E-state index contributed by atoms with van der Waals surface area (Å²) in [5.74, 6) is 0.880. The highest BCUT2D eigenvalue weighted by molar-refractivity contribution is 9.09. The van der Waals surface area contributed by atoms with Gasteiger partial charge in [0.1, 0.15) is 0 Å². The van der Waals surface area contributed by atoms with Gasteiger partial charge in [0.05, 0.1) is 0 Å². The van der Waals surface area contributed by atoms with Crippen LogP contribution in [0.4, 0.5) is 0 Å². The van der Waals surface area contributed by atoms with Crippen molar-refractivity contribution in [3.8, 4) is 0 Å². The van der Waals surface area contributed by atoms with E-state index in [9.17, 15) is 0 Å². The molecule has 0 aromatic carbocycles. The van der Waals surface area contributed by atoms with Crippen molar-refractivity contribution in [2.45, 2.75) is 27.7 Å². The summed E-state index contributed by atoms with van der Waals surface area (Å²) in [6.45, 7) is 9.38. The zero-order valence-electron chi connectivity index (χ0n) is 6.66. The third kappa shape index (κ3) is 0.772. The highest BCUT2D eigenvalue weighted by Crippen LogP contribution is 2.68. The Hall–Kier alpha value is 0.480. The Balaban J connectivity index is 2.66. The van der Waals surface area contributed by atoms with Crippen molar-refractivity contribution in [1.82, 2.24) is 0 Å². The van der Waals surface area contributed by atoms with E-state index in [1.165, 1.54) is 0 Å². The van der Waals surface area contributed by atoms with E-state index >= 15 is 0 Å². The van der Waals surface area contributed by atoms with E-state index in [1.807, 2.05) is 0 Å². The number of rotatable bonds is 1. The van der Waals surface area contributed by atoms with Gasteiger partial charge in [0, 0.05) is 5.33 Å². The number of alkyl halides is 1. The molecular formula is C8H15Br. The lowest BCUT2D eigenvalue weighted by molar-refractivity contribution is 0.457. The Labute approximate surface area is 66.2 Å². The van der Waals surface area contributed by atoms with Gasteiger partial charge in [0.15, 0.2) is 0 Å². The largest absolute Gasteiger partial charge is 0.0925 e. The van der Waals surface area contributed by atoms with Crippen LogP contribution in [-0.2, 0) is 0 Å². The summed E-state index contributed by atoms with van der Waals surface area (Å²) in [6.07, 6.45) is 0. The molecule has 1 fully saturated rings. The first-order chi connectivity index (χ1) is 3.94. The Morgan fingerprint density at radius 2 is 1.44 bits per heavy atom. The molecule has 0 amide bonds. The molecule has 0 N–H and O–H groups in total. The van der Waals surface area contributed by atoms with Crippen LogP contribution in [0.2, 0.25) is 0 Å². The Morgan fingerprint density at radius 1 is 1.11 bits per heavy atom. The van der Waals surface area contributed by atoms with Crippen LogP contribution in [0.1, 0.15) is 27.7 Å². The van der Waals surface area contributed by atoms with Crippen LogP contribution in [-0.4, -0.2) is 5.33 Å². The SMILES string of the molecule is CC1(C)C(CBr)C1(C)C. The van der Waals surface area contributed by atoms with Gasteiger partial charge in [-0.3, -0.25) is 0 Å². The molecule has 0 aromatic rings. The van der Waals surface area contributed by atoms with Gasteiger partial charge in [-0.25, -0.2) is 0 Å². The summed E-state index contributed by atoms with van der Waals surface area (Å²) in [6, 6.07) is 0. The summed E-state index contributed by atoms with van der Waals surface area (Å²) < 4.78 is 0. The van der Waals surface area contributed by atoms with E-state index in [0.717, 1.165) is 11.2 Å². The number of hydrogen-bond acceptors (Lipinski definition) is 0. The van der Waals surface area contributed by atoms with E-state index in [1.54, 1.807) is 0 Å². The molecule has 1 aliphatic rings. The zero-order valence-corrected chi connectivity index (χ0v) is 8.25.